The topological polar surface area (TPSA) is 90.0 Å². The van der Waals surface area contributed by atoms with E-state index in [1.54, 1.807) is 0 Å². The largest absolute Gasteiger partial charge is 0.329 e. The predicted molar refractivity (Wildman–Crippen MR) is 80.6 cm³/mol. The van der Waals surface area contributed by atoms with Gasteiger partial charge in [-0.1, -0.05) is 12.8 Å². The van der Waals surface area contributed by atoms with Gasteiger partial charge in [-0.15, -0.1) is 12.4 Å². The van der Waals surface area contributed by atoms with Crippen LogP contribution in [-0.4, -0.2) is 37.2 Å². The van der Waals surface area contributed by atoms with E-state index in [0.29, 0.717) is 0 Å². The number of sulfonamides is 1. The Labute approximate surface area is 134 Å². The van der Waals surface area contributed by atoms with Crippen molar-refractivity contribution in [2.45, 2.75) is 49.6 Å². The van der Waals surface area contributed by atoms with Crippen LogP contribution >= 0.6 is 12.4 Å². The van der Waals surface area contributed by atoms with Gasteiger partial charge in [0.1, 0.15) is 11.4 Å². The van der Waals surface area contributed by atoms with E-state index >= 15 is 0 Å². The molecule has 1 aliphatic rings. The number of halogens is 3. The molecule has 0 bridgehead atoms. The van der Waals surface area contributed by atoms with Crippen molar-refractivity contribution < 1.29 is 17.2 Å². The average molecular weight is 359 g/mol. The molecule has 0 aromatic carbocycles. The SMILES string of the molecule is Cl.NCC(NS(=O)(=O)c1cnn(CC(F)F)c1)C1CCCC1. The van der Waals surface area contributed by atoms with Crippen molar-refractivity contribution in [1.82, 2.24) is 14.5 Å². The third-order valence-electron chi connectivity index (χ3n) is 3.77. The van der Waals surface area contributed by atoms with Gasteiger partial charge in [-0.3, -0.25) is 4.68 Å². The van der Waals surface area contributed by atoms with E-state index in [4.69, 9.17) is 5.73 Å². The summed E-state index contributed by atoms with van der Waals surface area (Å²) in [5, 5.41) is 3.64. The van der Waals surface area contributed by atoms with Gasteiger partial charge in [-0.25, -0.2) is 21.9 Å². The van der Waals surface area contributed by atoms with Crippen molar-refractivity contribution in [3.05, 3.63) is 12.4 Å². The molecule has 22 heavy (non-hydrogen) atoms. The predicted octanol–water partition coefficient (Wildman–Crippen LogP) is 1.37. The lowest BCUT2D eigenvalue weighted by atomic mass is 9.99. The van der Waals surface area contributed by atoms with Crippen LogP contribution in [0.15, 0.2) is 17.3 Å². The van der Waals surface area contributed by atoms with E-state index in [2.05, 4.69) is 9.82 Å². The van der Waals surface area contributed by atoms with Crippen molar-refractivity contribution in [1.29, 1.82) is 0 Å². The molecule has 1 heterocycles. The van der Waals surface area contributed by atoms with E-state index in [1.807, 2.05) is 0 Å². The first-order valence-electron chi connectivity index (χ1n) is 6.95. The average Bonchev–Trinajstić information content (AvgIpc) is 3.06. The minimum absolute atomic E-state index is 0. The summed E-state index contributed by atoms with van der Waals surface area (Å²) in [6.07, 6.45) is 3.67. The molecule has 2 rings (SSSR count). The molecule has 1 aromatic rings. The molecule has 1 unspecified atom stereocenters. The zero-order valence-electron chi connectivity index (χ0n) is 12.0. The van der Waals surface area contributed by atoms with Crippen LogP contribution in [0.1, 0.15) is 25.7 Å². The zero-order chi connectivity index (χ0) is 15.5. The van der Waals surface area contributed by atoms with E-state index in [0.717, 1.165) is 42.8 Å². The molecule has 10 heteroatoms. The van der Waals surface area contributed by atoms with Crippen LogP contribution in [0.3, 0.4) is 0 Å². The quantitative estimate of drug-likeness (QED) is 0.770. The minimum Gasteiger partial charge on any atom is -0.329 e. The van der Waals surface area contributed by atoms with Gasteiger partial charge in [0.15, 0.2) is 0 Å². The monoisotopic (exact) mass is 358 g/mol. The second-order valence-corrected chi connectivity index (χ2v) is 7.01. The minimum atomic E-state index is -3.78. The van der Waals surface area contributed by atoms with E-state index < -0.39 is 23.0 Å². The summed E-state index contributed by atoms with van der Waals surface area (Å²) in [7, 11) is -3.78. The molecule has 1 fully saturated rings. The molecule has 0 aliphatic heterocycles. The summed E-state index contributed by atoms with van der Waals surface area (Å²) >= 11 is 0. The Kier molecular flexibility index (Phi) is 7.17. The molecule has 0 spiro atoms. The Morgan fingerprint density at radius 3 is 2.59 bits per heavy atom. The Morgan fingerprint density at radius 1 is 1.41 bits per heavy atom. The van der Waals surface area contributed by atoms with Crippen molar-refractivity contribution in [2.24, 2.45) is 11.7 Å². The van der Waals surface area contributed by atoms with E-state index in [-0.39, 0.29) is 35.8 Å². The maximum atomic E-state index is 12.3. The van der Waals surface area contributed by atoms with Gasteiger partial charge < -0.3 is 5.73 Å². The van der Waals surface area contributed by atoms with Gasteiger partial charge in [-0.05, 0) is 18.8 Å². The number of nitrogens with one attached hydrogen (secondary N) is 1. The lowest BCUT2D eigenvalue weighted by Gasteiger charge is -2.22. The van der Waals surface area contributed by atoms with Gasteiger partial charge >= 0.3 is 0 Å². The summed E-state index contributed by atoms with van der Waals surface area (Å²) in [5.74, 6) is 0.237. The Balaban J connectivity index is 0.00000242. The normalized spacial score (nSPS) is 17.6. The Bertz CT molecular complexity index is 561. The molecule has 128 valence electrons. The highest BCUT2D eigenvalue weighted by Gasteiger charge is 2.29. The van der Waals surface area contributed by atoms with Crippen LogP contribution < -0.4 is 10.5 Å². The molecule has 0 radical (unpaired) electrons. The summed E-state index contributed by atoms with van der Waals surface area (Å²) < 4.78 is 52.5. The lowest BCUT2D eigenvalue weighted by molar-refractivity contribution is 0.121. The fourth-order valence-electron chi connectivity index (χ4n) is 2.69. The van der Waals surface area contributed by atoms with Crippen LogP contribution in [0.2, 0.25) is 0 Å². The zero-order valence-corrected chi connectivity index (χ0v) is 13.6. The highest BCUT2D eigenvalue weighted by Crippen LogP contribution is 2.28. The fraction of sp³-hybridized carbons (Fsp3) is 0.750. The molecule has 1 aromatic heterocycles. The number of hydrogen-bond donors (Lipinski definition) is 2. The second kappa shape index (κ2) is 8.19. The van der Waals surface area contributed by atoms with Crippen molar-refractivity contribution >= 4 is 22.4 Å². The van der Waals surface area contributed by atoms with Gasteiger partial charge in [0.05, 0.1) is 6.20 Å². The first-order valence-corrected chi connectivity index (χ1v) is 8.43. The molecule has 1 saturated carbocycles. The van der Waals surface area contributed by atoms with Crippen molar-refractivity contribution in [2.75, 3.05) is 6.54 Å². The summed E-state index contributed by atoms with van der Waals surface area (Å²) in [6, 6.07) is -0.323. The first-order chi connectivity index (χ1) is 9.92. The van der Waals surface area contributed by atoms with Gasteiger partial charge in [0, 0.05) is 18.8 Å². The fourth-order valence-corrected chi connectivity index (χ4v) is 3.96. The van der Waals surface area contributed by atoms with Gasteiger partial charge in [-0.2, -0.15) is 5.10 Å². The smallest absolute Gasteiger partial charge is 0.257 e. The third kappa shape index (κ3) is 4.87. The first kappa shape index (κ1) is 19.3. The number of rotatable bonds is 7. The third-order valence-corrected chi connectivity index (χ3v) is 5.22. The molecule has 1 aliphatic carbocycles. The van der Waals surface area contributed by atoms with E-state index in [1.165, 1.54) is 0 Å². The van der Waals surface area contributed by atoms with Crippen LogP contribution in [0.5, 0.6) is 0 Å². The lowest BCUT2D eigenvalue weighted by Crippen LogP contribution is -2.44. The van der Waals surface area contributed by atoms with Crippen LogP contribution in [-0.2, 0) is 16.6 Å². The van der Waals surface area contributed by atoms with Crippen molar-refractivity contribution in [3.8, 4) is 0 Å². The molecule has 1 atom stereocenters. The highest BCUT2D eigenvalue weighted by molar-refractivity contribution is 7.89. The van der Waals surface area contributed by atoms with Crippen LogP contribution in [0.4, 0.5) is 8.78 Å². The highest BCUT2D eigenvalue weighted by atomic mass is 35.5. The summed E-state index contributed by atoms with van der Waals surface area (Å²) in [6.45, 7) is -0.409. The standard InChI is InChI=1S/C12H20F2N4O2S.ClH/c13-12(14)8-18-7-10(6-16-18)21(19,20)17-11(5-15)9-3-1-2-4-9;/h6-7,9,11-12,17H,1-5,8,15H2;1H. The molecular weight excluding hydrogens is 338 g/mol. The Morgan fingerprint density at radius 2 is 2.05 bits per heavy atom. The number of alkyl halides is 2. The second-order valence-electron chi connectivity index (χ2n) is 5.30. The van der Waals surface area contributed by atoms with Crippen LogP contribution in [0.25, 0.3) is 0 Å². The molecule has 0 amide bonds. The summed E-state index contributed by atoms with van der Waals surface area (Å²) in [4.78, 5) is -0.111. The van der Waals surface area contributed by atoms with Crippen LogP contribution in [0, 0.1) is 5.92 Å². The van der Waals surface area contributed by atoms with Gasteiger partial charge in [0.25, 0.3) is 6.43 Å². The molecular formula is C12H21ClF2N4O2S. The Hall–Kier alpha value is -0.770. The molecule has 6 nitrogen and oxygen atoms in total. The van der Waals surface area contributed by atoms with E-state index in [9.17, 15) is 17.2 Å². The number of nitrogens with zero attached hydrogens (tertiary/aromatic N) is 2. The number of aromatic nitrogens is 2. The molecule has 0 saturated heterocycles. The summed E-state index contributed by atoms with van der Waals surface area (Å²) in [5.41, 5.74) is 5.66. The van der Waals surface area contributed by atoms with Gasteiger partial charge in [0.2, 0.25) is 10.0 Å². The number of nitrogens with two attached hydrogens (primary N) is 1. The maximum Gasteiger partial charge on any atom is 0.257 e. The maximum absolute atomic E-state index is 12.3. The number of hydrogen-bond acceptors (Lipinski definition) is 4. The van der Waals surface area contributed by atoms with Crippen molar-refractivity contribution in [3.63, 3.8) is 0 Å². The molecule has 3 N–H and O–H groups in total.